The lowest BCUT2D eigenvalue weighted by molar-refractivity contribution is 0.668. The van der Waals surface area contributed by atoms with E-state index in [1.165, 1.54) is 32.9 Å². The van der Waals surface area contributed by atoms with E-state index in [1.807, 2.05) is 12.1 Å². The Morgan fingerprint density at radius 3 is 1.80 bits per heavy atom. The third-order valence-electron chi connectivity index (χ3n) is 10.4. The average Bonchev–Trinajstić information content (AvgIpc) is 3.87. The summed E-state index contributed by atoms with van der Waals surface area (Å²) >= 11 is 0. The quantitative estimate of drug-likeness (QED) is 0.190. The van der Waals surface area contributed by atoms with E-state index < -0.39 is 0 Å². The summed E-state index contributed by atoms with van der Waals surface area (Å²) in [6, 6.07) is 62.6. The largest absolute Gasteiger partial charge is 0.456 e. The van der Waals surface area contributed by atoms with Crippen molar-refractivity contribution in [2.75, 3.05) is 0 Å². The highest BCUT2D eigenvalue weighted by Gasteiger charge is 2.20. The summed E-state index contributed by atoms with van der Waals surface area (Å²) in [5.74, 6) is 0. The highest BCUT2D eigenvalue weighted by Crippen LogP contribution is 2.45. The number of aromatic nitrogens is 1. The molecule has 0 aliphatic carbocycles. The Bertz CT molecular complexity index is 3090. The maximum atomic E-state index is 6.82. The summed E-state index contributed by atoms with van der Waals surface area (Å²) in [6.45, 7) is 0. The zero-order valence-electron chi connectivity index (χ0n) is 27.5. The lowest BCUT2D eigenvalue weighted by atomic mass is 9.91. The number of benzene rings is 8. The molecule has 0 amide bonds. The van der Waals surface area contributed by atoms with Crippen LogP contribution in [0.2, 0.25) is 0 Å². The number of hydrogen-bond acceptors (Lipinski definition) is 2. The molecule has 0 saturated carbocycles. The van der Waals surface area contributed by atoms with E-state index in [2.05, 4.69) is 168 Å². The molecule has 0 N–H and O–H groups in total. The summed E-state index contributed by atoms with van der Waals surface area (Å²) in [7, 11) is 0. The van der Waals surface area contributed by atoms with Crippen LogP contribution in [0.3, 0.4) is 0 Å². The first kappa shape index (κ1) is 28.0. The van der Waals surface area contributed by atoms with Crippen LogP contribution in [0.25, 0.3) is 105 Å². The first-order valence-corrected chi connectivity index (χ1v) is 17.3. The van der Waals surface area contributed by atoms with Crippen molar-refractivity contribution in [3.05, 3.63) is 176 Å². The third kappa shape index (κ3) is 4.19. The molecule has 0 aliphatic heterocycles. The predicted octanol–water partition coefficient (Wildman–Crippen LogP) is 13.6. The van der Waals surface area contributed by atoms with Gasteiger partial charge in [0, 0.05) is 43.6 Å². The van der Waals surface area contributed by atoms with E-state index in [-0.39, 0.29) is 0 Å². The van der Waals surface area contributed by atoms with Crippen molar-refractivity contribution in [2.45, 2.75) is 0 Å². The Labute approximate surface area is 293 Å². The minimum absolute atomic E-state index is 0.867. The highest BCUT2D eigenvalue weighted by molar-refractivity contribution is 6.17. The Kier molecular flexibility index (Phi) is 5.96. The molecule has 3 heteroatoms. The molecule has 0 aliphatic rings. The number of fused-ring (bicyclic) bond motifs is 9. The Morgan fingerprint density at radius 1 is 0.333 bits per heavy atom. The van der Waals surface area contributed by atoms with Crippen LogP contribution in [-0.4, -0.2) is 4.57 Å². The molecule has 0 bridgehead atoms. The lowest BCUT2D eigenvalue weighted by Crippen LogP contribution is -1.96. The van der Waals surface area contributed by atoms with Gasteiger partial charge in [-0.15, -0.1) is 0 Å². The standard InChI is InChI=1S/C48H29NO2/c1-2-12-30(13-3-1)33-26-25-32(49-42-20-7-4-14-35(42)36-15-5-8-21-43(36)49)29-40(33)38-18-11-23-46-47(38)39-19-10-17-34(48(39)51-46)31-24-27-45-41(28-31)37-16-6-9-22-44(37)50-45/h1-29H. The fourth-order valence-electron chi connectivity index (χ4n) is 8.16. The number of para-hydroxylation sites is 4. The molecule has 3 heterocycles. The van der Waals surface area contributed by atoms with E-state index >= 15 is 0 Å². The van der Waals surface area contributed by atoms with E-state index in [1.54, 1.807) is 0 Å². The van der Waals surface area contributed by atoms with E-state index in [9.17, 15) is 0 Å². The van der Waals surface area contributed by atoms with Gasteiger partial charge in [0.2, 0.25) is 0 Å². The number of rotatable bonds is 4. The molecule has 0 radical (unpaired) electrons. The normalized spacial score (nSPS) is 11.9. The smallest absolute Gasteiger partial charge is 0.143 e. The fraction of sp³-hybridized carbons (Fsp3) is 0. The van der Waals surface area contributed by atoms with Gasteiger partial charge in [0.25, 0.3) is 0 Å². The SMILES string of the molecule is c1ccc(-c2ccc(-n3c4ccccc4c4ccccc43)cc2-c2cccc3oc4c(-c5ccc6oc7ccccc7c6c5)cccc4c23)cc1. The zero-order chi connectivity index (χ0) is 33.5. The van der Waals surface area contributed by atoms with Gasteiger partial charge in [-0.25, -0.2) is 0 Å². The maximum absolute atomic E-state index is 6.82. The molecule has 0 saturated heterocycles. The van der Waals surface area contributed by atoms with Crippen molar-refractivity contribution in [2.24, 2.45) is 0 Å². The number of furan rings is 2. The summed E-state index contributed by atoms with van der Waals surface area (Å²) < 4.78 is 15.4. The van der Waals surface area contributed by atoms with Crippen molar-refractivity contribution in [3.63, 3.8) is 0 Å². The minimum atomic E-state index is 0.867. The first-order chi connectivity index (χ1) is 25.3. The van der Waals surface area contributed by atoms with Crippen LogP contribution in [0.5, 0.6) is 0 Å². The number of nitrogens with zero attached hydrogens (tertiary/aromatic N) is 1. The zero-order valence-corrected chi connectivity index (χ0v) is 27.5. The molecule has 3 nitrogen and oxygen atoms in total. The highest BCUT2D eigenvalue weighted by atomic mass is 16.3. The summed E-state index contributed by atoms with van der Waals surface area (Å²) in [5, 5.41) is 6.92. The summed E-state index contributed by atoms with van der Waals surface area (Å²) in [6.07, 6.45) is 0. The topological polar surface area (TPSA) is 31.2 Å². The second-order valence-corrected chi connectivity index (χ2v) is 13.2. The molecule has 0 atom stereocenters. The van der Waals surface area contributed by atoms with Crippen LogP contribution >= 0.6 is 0 Å². The van der Waals surface area contributed by atoms with Gasteiger partial charge in [0.1, 0.15) is 22.3 Å². The summed E-state index contributed by atoms with van der Waals surface area (Å²) in [4.78, 5) is 0. The molecule has 0 spiro atoms. The van der Waals surface area contributed by atoms with Crippen LogP contribution in [0.15, 0.2) is 185 Å². The van der Waals surface area contributed by atoms with Crippen LogP contribution in [0.4, 0.5) is 0 Å². The Morgan fingerprint density at radius 2 is 0.980 bits per heavy atom. The van der Waals surface area contributed by atoms with Crippen molar-refractivity contribution in [1.82, 2.24) is 4.57 Å². The van der Waals surface area contributed by atoms with Gasteiger partial charge in [-0.3, -0.25) is 0 Å². The van der Waals surface area contributed by atoms with Gasteiger partial charge in [-0.2, -0.15) is 0 Å². The van der Waals surface area contributed by atoms with Gasteiger partial charge in [0.05, 0.1) is 11.0 Å². The second-order valence-electron chi connectivity index (χ2n) is 13.2. The van der Waals surface area contributed by atoms with E-state index in [0.29, 0.717) is 0 Å². The molecular formula is C48H29NO2. The van der Waals surface area contributed by atoms with Crippen molar-refractivity contribution in [1.29, 1.82) is 0 Å². The molecule has 8 aromatic carbocycles. The average molecular weight is 652 g/mol. The second kappa shape index (κ2) is 10.8. The first-order valence-electron chi connectivity index (χ1n) is 17.3. The molecule has 3 aromatic heterocycles. The Hall–Kier alpha value is -6.84. The van der Waals surface area contributed by atoms with Crippen LogP contribution < -0.4 is 0 Å². The van der Waals surface area contributed by atoms with Crippen molar-refractivity contribution >= 4 is 65.7 Å². The molecule has 0 fully saturated rings. The van der Waals surface area contributed by atoms with Gasteiger partial charge >= 0.3 is 0 Å². The molecule has 11 aromatic rings. The molecule has 238 valence electrons. The van der Waals surface area contributed by atoms with Gasteiger partial charge in [-0.1, -0.05) is 127 Å². The minimum Gasteiger partial charge on any atom is -0.456 e. The molecule has 0 unspecified atom stereocenters. The van der Waals surface area contributed by atoms with E-state index in [4.69, 9.17) is 8.83 Å². The van der Waals surface area contributed by atoms with Crippen LogP contribution in [0.1, 0.15) is 0 Å². The van der Waals surface area contributed by atoms with E-state index in [0.717, 1.165) is 71.8 Å². The predicted molar refractivity (Wildman–Crippen MR) is 212 cm³/mol. The third-order valence-corrected chi connectivity index (χ3v) is 10.4. The van der Waals surface area contributed by atoms with Gasteiger partial charge in [-0.05, 0) is 76.3 Å². The fourth-order valence-corrected chi connectivity index (χ4v) is 8.16. The van der Waals surface area contributed by atoms with Crippen LogP contribution in [0, 0.1) is 0 Å². The molecular weight excluding hydrogens is 623 g/mol. The summed E-state index contributed by atoms with van der Waals surface area (Å²) in [5.41, 5.74) is 13.8. The molecule has 51 heavy (non-hydrogen) atoms. The maximum Gasteiger partial charge on any atom is 0.143 e. The molecule has 11 rings (SSSR count). The lowest BCUT2D eigenvalue weighted by Gasteiger charge is -2.16. The Balaban J connectivity index is 1.17. The van der Waals surface area contributed by atoms with Gasteiger partial charge in [0.15, 0.2) is 0 Å². The van der Waals surface area contributed by atoms with Crippen molar-refractivity contribution < 1.29 is 8.83 Å². The monoisotopic (exact) mass is 651 g/mol. The number of hydrogen-bond donors (Lipinski definition) is 0. The van der Waals surface area contributed by atoms with Gasteiger partial charge < -0.3 is 13.4 Å². The van der Waals surface area contributed by atoms with Crippen molar-refractivity contribution in [3.8, 4) is 39.1 Å². The van der Waals surface area contributed by atoms with Crippen LogP contribution in [-0.2, 0) is 0 Å².